The van der Waals surface area contributed by atoms with Gasteiger partial charge in [0.25, 0.3) is 0 Å². The van der Waals surface area contributed by atoms with E-state index in [4.69, 9.17) is 4.74 Å². The zero-order valence-corrected chi connectivity index (χ0v) is 12.4. The van der Waals surface area contributed by atoms with Crippen molar-refractivity contribution in [1.29, 1.82) is 0 Å². The Balaban J connectivity index is 2.05. The molecule has 108 valence electrons. The molecular formula is C17H23NO2. The molecule has 1 saturated heterocycles. The van der Waals surface area contributed by atoms with Gasteiger partial charge in [0.2, 0.25) is 5.91 Å². The van der Waals surface area contributed by atoms with Gasteiger partial charge in [-0.3, -0.25) is 4.79 Å². The molecule has 3 heteroatoms. The normalized spacial score (nSPS) is 30.0. The van der Waals surface area contributed by atoms with E-state index >= 15 is 0 Å². The summed E-state index contributed by atoms with van der Waals surface area (Å²) >= 11 is 0. The molecule has 1 saturated carbocycles. The molecule has 3 nitrogen and oxygen atoms in total. The third-order valence-electron chi connectivity index (χ3n) is 5.22. The lowest BCUT2D eigenvalue weighted by Crippen LogP contribution is -2.39. The summed E-state index contributed by atoms with van der Waals surface area (Å²) in [5.74, 6) is 1.39. The van der Waals surface area contributed by atoms with E-state index < -0.39 is 0 Å². The quantitative estimate of drug-likeness (QED) is 0.829. The molecule has 1 heterocycles. The van der Waals surface area contributed by atoms with E-state index in [1.807, 2.05) is 18.0 Å². The van der Waals surface area contributed by atoms with E-state index in [1.54, 1.807) is 7.11 Å². The number of methoxy groups -OCH3 is 1. The summed E-state index contributed by atoms with van der Waals surface area (Å²) in [6, 6.07) is 8.35. The number of hydrogen-bond donors (Lipinski definition) is 0. The summed E-state index contributed by atoms with van der Waals surface area (Å²) in [4.78, 5) is 14.6. The average molecular weight is 273 g/mol. The van der Waals surface area contributed by atoms with Gasteiger partial charge in [-0.2, -0.15) is 0 Å². The lowest BCUT2D eigenvalue weighted by molar-refractivity contribution is -0.134. The van der Waals surface area contributed by atoms with Gasteiger partial charge in [0.1, 0.15) is 5.75 Å². The predicted molar refractivity (Wildman–Crippen MR) is 78.9 cm³/mol. The molecule has 0 aromatic heterocycles. The number of fused-ring (bicyclic) bond motifs is 1. The van der Waals surface area contributed by atoms with Gasteiger partial charge >= 0.3 is 0 Å². The first-order chi connectivity index (χ1) is 9.67. The summed E-state index contributed by atoms with van der Waals surface area (Å²) in [5.41, 5.74) is 1.33. The molecule has 1 aromatic rings. The first-order valence-corrected chi connectivity index (χ1v) is 7.57. The van der Waals surface area contributed by atoms with Gasteiger partial charge < -0.3 is 9.64 Å². The second-order valence-corrected chi connectivity index (χ2v) is 6.20. The zero-order valence-electron chi connectivity index (χ0n) is 12.4. The Kier molecular flexibility index (Phi) is 3.45. The van der Waals surface area contributed by atoms with E-state index in [9.17, 15) is 4.79 Å². The van der Waals surface area contributed by atoms with E-state index in [2.05, 4.69) is 18.2 Å². The summed E-state index contributed by atoms with van der Waals surface area (Å²) in [5, 5.41) is 0. The van der Waals surface area contributed by atoms with Crippen molar-refractivity contribution in [2.75, 3.05) is 20.7 Å². The van der Waals surface area contributed by atoms with Crippen LogP contribution in [0.15, 0.2) is 24.3 Å². The maximum atomic E-state index is 12.7. The maximum Gasteiger partial charge on any atom is 0.226 e. The van der Waals surface area contributed by atoms with E-state index in [0.29, 0.717) is 5.91 Å². The van der Waals surface area contributed by atoms with Crippen molar-refractivity contribution in [3.05, 3.63) is 29.8 Å². The van der Waals surface area contributed by atoms with Crippen LogP contribution in [-0.4, -0.2) is 31.5 Å². The highest BCUT2D eigenvalue weighted by Gasteiger charge is 2.49. The SMILES string of the molecule is COc1cccc([C@]23CCC[C@H]2C(=O)N(C)CCC3)c1. The minimum Gasteiger partial charge on any atom is -0.497 e. The van der Waals surface area contributed by atoms with Gasteiger partial charge in [-0.1, -0.05) is 18.6 Å². The Hall–Kier alpha value is -1.51. The number of carbonyl (C=O) groups is 1. The number of likely N-dealkylation sites (tertiary alicyclic amines) is 1. The predicted octanol–water partition coefficient (Wildman–Crippen LogP) is 2.99. The fourth-order valence-electron chi connectivity index (χ4n) is 4.16. The lowest BCUT2D eigenvalue weighted by Gasteiger charge is -2.34. The third kappa shape index (κ3) is 2.00. The molecule has 0 N–H and O–H groups in total. The van der Waals surface area contributed by atoms with Crippen LogP contribution in [0.5, 0.6) is 5.75 Å². The number of carbonyl (C=O) groups excluding carboxylic acids is 1. The molecule has 1 aliphatic carbocycles. The van der Waals surface area contributed by atoms with Crippen LogP contribution < -0.4 is 4.74 Å². The fourth-order valence-corrected chi connectivity index (χ4v) is 4.16. The molecule has 2 atom stereocenters. The van der Waals surface area contributed by atoms with Gasteiger partial charge in [0, 0.05) is 24.9 Å². The molecular weight excluding hydrogens is 250 g/mol. The largest absolute Gasteiger partial charge is 0.497 e. The van der Waals surface area contributed by atoms with Crippen molar-refractivity contribution in [3.63, 3.8) is 0 Å². The van der Waals surface area contributed by atoms with Crippen LogP contribution in [0, 0.1) is 5.92 Å². The summed E-state index contributed by atoms with van der Waals surface area (Å²) < 4.78 is 5.37. The summed E-state index contributed by atoms with van der Waals surface area (Å²) in [7, 11) is 3.65. The summed E-state index contributed by atoms with van der Waals surface area (Å²) in [6.07, 6.45) is 5.52. The zero-order chi connectivity index (χ0) is 14.2. The molecule has 0 bridgehead atoms. The molecule has 0 spiro atoms. The van der Waals surface area contributed by atoms with Crippen LogP contribution in [-0.2, 0) is 10.2 Å². The Bertz CT molecular complexity index is 513. The number of nitrogens with zero attached hydrogens (tertiary/aromatic N) is 1. The Morgan fingerprint density at radius 1 is 1.30 bits per heavy atom. The molecule has 2 aliphatic rings. The molecule has 0 radical (unpaired) electrons. The van der Waals surface area contributed by atoms with Crippen molar-refractivity contribution in [3.8, 4) is 5.75 Å². The highest BCUT2D eigenvalue weighted by molar-refractivity contribution is 5.81. The smallest absolute Gasteiger partial charge is 0.226 e. The highest BCUT2D eigenvalue weighted by atomic mass is 16.5. The highest BCUT2D eigenvalue weighted by Crippen LogP contribution is 2.51. The molecule has 1 amide bonds. The number of ether oxygens (including phenoxy) is 1. The van der Waals surface area contributed by atoms with Crippen LogP contribution in [0.3, 0.4) is 0 Å². The van der Waals surface area contributed by atoms with Crippen molar-refractivity contribution in [2.45, 2.75) is 37.5 Å². The summed E-state index contributed by atoms with van der Waals surface area (Å²) in [6.45, 7) is 0.890. The second kappa shape index (κ2) is 5.12. The minimum atomic E-state index is 0.0381. The van der Waals surface area contributed by atoms with Crippen molar-refractivity contribution in [1.82, 2.24) is 4.90 Å². The van der Waals surface area contributed by atoms with Crippen LogP contribution in [0.1, 0.15) is 37.7 Å². The van der Waals surface area contributed by atoms with Gasteiger partial charge in [0.15, 0.2) is 0 Å². The Morgan fingerprint density at radius 2 is 2.10 bits per heavy atom. The fraction of sp³-hybridized carbons (Fsp3) is 0.588. The average Bonchev–Trinajstić information content (AvgIpc) is 2.86. The van der Waals surface area contributed by atoms with Gasteiger partial charge in [0.05, 0.1) is 7.11 Å². The number of rotatable bonds is 2. The monoisotopic (exact) mass is 273 g/mol. The molecule has 20 heavy (non-hydrogen) atoms. The van der Waals surface area contributed by atoms with Crippen molar-refractivity contribution >= 4 is 5.91 Å². The molecule has 3 rings (SSSR count). The first kappa shape index (κ1) is 13.5. The maximum absolute atomic E-state index is 12.7. The lowest BCUT2D eigenvalue weighted by atomic mass is 9.69. The Labute approximate surface area is 120 Å². The number of benzene rings is 1. The molecule has 2 fully saturated rings. The topological polar surface area (TPSA) is 29.5 Å². The second-order valence-electron chi connectivity index (χ2n) is 6.20. The Morgan fingerprint density at radius 3 is 2.90 bits per heavy atom. The van der Waals surface area contributed by atoms with Crippen molar-refractivity contribution in [2.24, 2.45) is 5.92 Å². The number of hydrogen-bond acceptors (Lipinski definition) is 2. The number of amides is 1. The molecule has 0 unspecified atom stereocenters. The molecule has 1 aromatic carbocycles. The van der Waals surface area contributed by atoms with Gasteiger partial charge in [-0.15, -0.1) is 0 Å². The van der Waals surface area contributed by atoms with Crippen LogP contribution >= 0.6 is 0 Å². The van der Waals surface area contributed by atoms with Gasteiger partial charge in [-0.05, 0) is 43.4 Å². The first-order valence-electron chi connectivity index (χ1n) is 7.57. The van der Waals surface area contributed by atoms with Crippen LogP contribution in [0.4, 0.5) is 0 Å². The minimum absolute atomic E-state index is 0.0381. The third-order valence-corrected chi connectivity index (χ3v) is 5.22. The van der Waals surface area contributed by atoms with Crippen LogP contribution in [0.25, 0.3) is 0 Å². The van der Waals surface area contributed by atoms with Gasteiger partial charge in [-0.25, -0.2) is 0 Å². The van der Waals surface area contributed by atoms with E-state index in [1.165, 1.54) is 5.56 Å². The van der Waals surface area contributed by atoms with E-state index in [0.717, 1.165) is 44.4 Å². The molecule has 1 aliphatic heterocycles. The van der Waals surface area contributed by atoms with Crippen molar-refractivity contribution < 1.29 is 9.53 Å². The van der Waals surface area contributed by atoms with E-state index in [-0.39, 0.29) is 11.3 Å². The van der Waals surface area contributed by atoms with Crippen LogP contribution in [0.2, 0.25) is 0 Å². The standard InChI is InChI=1S/C17H23NO2/c1-18-11-5-10-17(9-4-8-15(17)16(18)19)13-6-3-7-14(12-13)20-2/h3,6-7,12,15H,4-5,8-11H2,1-2H3/t15-,17+/m0/s1.